The zero-order valence-electron chi connectivity index (χ0n) is 9.60. The van der Waals surface area contributed by atoms with Gasteiger partial charge in [-0.15, -0.1) is 0 Å². The quantitative estimate of drug-likeness (QED) is 0.911. The summed E-state index contributed by atoms with van der Waals surface area (Å²) in [4.78, 5) is 4.11. The number of ether oxygens (including phenoxy) is 1. The molecule has 1 atom stereocenters. The molecule has 1 aromatic carbocycles. The van der Waals surface area contributed by atoms with E-state index >= 15 is 0 Å². The molecule has 0 aliphatic heterocycles. The minimum atomic E-state index is -0.582. The van der Waals surface area contributed by atoms with Crippen LogP contribution in [0.15, 0.2) is 41.0 Å². The highest BCUT2D eigenvalue weighted by atomic mass is 79.9. The van der Waals surface area contributed by atoms with Crippen LogP contribution in [0.5, 0.6) is 11.5 Å². The fourth-order valence-electron chi connectivity index (χ4n) is 1.38. The number of aliphatic hydroxyl groups is 1. The summed E-state index contributed by atoms with van der Waals surface area (Å²) in [5.41, 5.74) is 0.609. The maximum atomic E-state index is 9.35. The number of pyridine rings is 1. The summed E-state index contributed by atoms with van der Waals surface area (Å²) in [5, 5.41) is 9.99. The number of nitrogens with zero attached hydrogens (tertiary/aromatic N) is 1. The predicted octanol–water partition coefficient (Wildman–Crippen LogP) is 4.34. The molecule has 5 heteroatoms. The van der Waals surface area contributed by atoms with Crippen molar-refractivity contribution >= 4 is 27.5 Å². The molecule has 0 aliphatic rings. The number of benzene rings is 1. The van der Waals surface area contributed by atoms with Gasteiger partial charge >= 0.3 is 0 Å². The largest absolute Gasteiger partial charge is 0.455 e. The van der Waals surface area contributed by atoms with Gasteiger partial charge in [-0.2, -0.15) is 0 Å². The Morgan fingerprint density at radius 2 is 2.11 bits per heavy atom. The monoisotopic (exact) mass is 327 g/mol. The average molecular weight is 329 g/mol. The van der Waals surface area contributed by atoms with Gasteiger partial charge in [-0.25, -0.2) is 0 Å². The van der Waals surface area contributed by atoms with E-state index in [1.165, 1.54) is 0 Å². The molecule has 94 valence electrons. The van der Waals surface area contributed by atoms with Gasteiger partial charge in [0, 0.05) is 5.02 Å². The summed E-state index contributed by atoms with van der Waals surface area (Å²) >= 11 is 9.22. The van der Waals surface area contributed by atoms with Crippen LogP contribution in [0, 0.1) is 0 Å². The number of hydrogen-bond donors (Lipinski definition) is 1. The minimum Gasteiger partial charge on any atom is -0.455 e. The molecule has 0 bridgehead atoms. The third-order valence-corrected chi connectivity index (χ3v) is 3.16. The maximum absolute atomic E-state index is 9.35. The molecule has 0 fully saturated rings. The van der Waals surface area contributed by atoms with Crippen LogP contribution in [0.2, 0.25) is 5.02 Å². The van der Waals surface area contributed by atoms with E-state index in [0.717, 1.165) is 4.47 Å². The van der Waals surface area contributed by atoms with Crippen molar-refractivity contribution < 1.29 is 9.84 Å². The molecule has 0 aliphatic carbocycles. The lowest BCUT2D eigenvalue weighted by atomic mass is 10.2. The Balaban J connectivity index is 2.18. The second kappa shape index (κ2) is 5.69. The number of aliphatic hydroxyl groups excluding tert-OH is 1. The molecule has 1 aromatic heterocycles. The molecule has 0 saturated carbocycles. The fourth-order valence-corrected chi connectivity index (χ4v) is 2.15. The van der Waals surface area contributed by atoms with Crippen molar-refractivity contribution in [3.05, 3.63) is 51.7 Å². The van der Waals surface area contributed by atoms with Crippen LogP contribution in [0.25, 0.3) is 0 Å². The normalized spacial score (nSPS) is 12.2. The molecular weight excluding hydrogens is 318 g/mol. The van der Waals surface area contributed by atoms with Crippen LogP contribution in [0.3, 0.4) is 0 Å². The lowest BCUT2D eigenvalue weighted by Gasteiger charge is -2.09. The van der Waals surface area contributed by atoms with Gasteiger partial charge in [-0.1, -0.05) is 11.6 Å². The third kappa shape index (κ3) is 3.22. The second-order valence-electron chi connectivity index (χ2n) is 3.77. The smallest absolute Gasteiger partial charge is 0.145 e. The predicted molar refractivity (Wildman–Crippen MR) is 74.1 cm³/mol. The number of rotatable bonds is 3. The van der Waals surface area contributed by atoms with Crippen molar-refractivity contribution in [3.63, 3.8) is 0 Å². The zero-order chi connectivity index (χ0) is 13.1. The van der Waals surface area contributed by atoms with Crippen LogP contribution in [-0.4, -0.2) is 10.1 Å². The summed E-state index contributed by atoms with van der Waals surface area (Å²) in [6, 6.07) is 8.77. The Morgan fingerprint density at radius 3 is 2.67 bits per heavy atom. The highest BCUT2D eigenvalue weighted by Crippen LogP contribution is 2.31. The van der Waals surface area contributed by atoms with Crippen LogP contribution >= 0.6 is 27.5 Å². The molecule has 1 N–H and O–H groups in total. The first-order valence-corrected chi connectivity index (χ1v) is 6.50. The van der Waals surface area contributed by atoms with Gasteiger partial charge < -0.3 is 9.84 Å². The van der Waals surface area contributed by atoms with Gasteiger partial charge in [0.05, 0.1) is 22.5 Å². The van der Waals surface area contributed by atoms with Crippen molar-refractivity contribution in [3.8, 4) is 11.5 Å². The molecule has 18 heavy (non-hydrogen) atoms. The molecule has 0 saturated heterocycles. The summed E-state index contributed by atoms with van der Waals surface area (Å²) in [7, 11) is 0. The fraction of sp³-hybridized carbons (Fsp3) is 0.154. The van der Waals surface area contributed by atoms with Crippen LogP contribution in [0.4, 0.5) is 0 Å². The van der Waals surface area contributed by atoms with E-state index in [1.54, 1.807) is 43.5 Å². The van der Waals surface area contributed by atoms with Crippen molar-refractivity contribution in [1.82, 2.24) is 4.98 Å². The molecule has 2 aromatic rings. The molecule has 3 nitrogen and oxygen atoms in total. The standard InChI is InChI=1S/C13H11BrClNO2/c1-8(17)12-4-3-10(7-16-12)18-13-5-2-9(15)6-11(13)14/h2-8,17H,1H3/t8-/m1/s1. The van der Waals surface area contributed by atoms with E-state index in [0.29, 0.717) is 22.2 Å². The van der Waals surface area contributed by atoms with Crippen molar-refractivity contribution in [1.29, 1.82) is 0 Å². The molecular formula is C13H11BrClNO2. The van der Waals surface area contributed by atoms with Crippen LogP contribution < -0.4 is 4.74 Å². The van der Waals surface area contributed by atoms with Gasteiger partial charge in [0.15, 0.2) is 0 Å². The summed E-state index contributed by atoms with van der Waals surface area (Å²) < 4.78 is 6.42. The van der Waals surface area contributed by atoms with Crippen LogP contribution in [0.1, 0.15) is 18.7 Å². The molecule has 0 amide bonds. The zero-order valence-corrected chi connectivity index (χ0v) is 11.9. The van der Waals surface area contributed by atoms with E-state index < -0.39 is 6.10 Å². The van der Waals surface area contributed by atoms with Crippen molar-refractivity contribution in [2.45, 2.75) is 13.0 Å². The highest BCUT2D eigenvalue weighted by Gasteiger charge is 2.06. The first kappa shape index (κ1) is 13.3. The first-order valence-electron chi connectivity index (χ1n) is 5.33. The van der Waals surface area contributed by atoms with Crippen molar-refractivity contribution in [2.75, 3.05) is 0 Å². The highest BCUT2D eigenvalue weighted by molar-refractivity contribution is 9.10. The Hall–Kier alpha value is -1.10. The lowest BCUT2D eigenvalue weighted by Crippen LogP contribution is -1.95. The van der Waals surface area contributed by atoms with E-state index in [4.69, 9.17) is 16.3 Å². The van der Waals surface area contributed by atoms with Gasteiger partial charge in [0.25, 0.3) is 0 Å². The molecule has 2 rings (SSSR count). The Morgan fingerprint density at radius 1 is 1.33 bits per heavy atom. The van der Waals surface area contributed by atoms with Crippen molar-refractivity contribution in [2.24, 2.45) is 0 Å². The van der Waals surface area contributed by atoms with Gasteiger partial charge in [0.1, 0.15) is 11.5 Å². The Bertz CT molecular complexity index is 543. The number of halogens is 2. The van der Waals surface area contributed by atoms with Gasteiger partial charge in [-0.05, 0) is 53.2 Å². The molecule has 0 radical (unpaired) electrons. The lowest BCUT2D eigenvalue weighted by molar-refractivity contribution is 0.194. The summed E-state index contributed by atoms with van der Waals surface area (Å²) in [6.45, 7) is 1.67. The molecule has 1 heterocycles. The Kier molecular flexibility index (Phi) is 4.22. The topological polar surface area (TPSA) is 42.4 Å². The number of hydrogen-bond acceptors (Lipinski definition) is 3. The van der Waals surface area contributed by atoms with Crippen LogP contribution in [-0.2, 0) is 0 Å². The molecule has 0 spiro atoms. The van der Waals surface area contributed by atoms with E-state index in [2.05, 4.69) is 20.9 Å². The van der Waals surface area contributed by atoms with Gasteiger partial charge in [0.2, 0.25) is 0 Å². The maximum Gasteiger partial charge on any atom is 0.145 e. The number of aromatic nitrogens is 1. The minimum absolute atomic E-state index is 0.582. The SMILES string of the molecule is C[C@@H](O)c1ccc(Oc2ccc(Cl)cc2Br)cn1. The van der Waals surface area contributed by atoms with E-state index in [-0.39, 0.29) is 0 Å². The molecule has 0 unspecified atom stereocenters. The van der Waals surface area contributed by atoms with Gasteiger partial charge in [-0.3, -0.25) is 4.98 Å². The van der Waals surface area contributed by atoms with E-state index in [1.807, 2.05) is 0 Å². The third-order valence-electron chi connectivity index (χ3n) is 2.31. The average Bonchev–Trinajstić information content (AvgIpc) is 2.33. The first-order chi connectivity index (χ1) is 8.56. The summed E-state index contributed by atoms with van der Waals surface area (Å²) in [6.07, 6.45) is 0.990. The summed E-state index contributed by atoms with van der Waals surface area (Å²) in [5.74, 6) is 1.26. The van der Waals surface area contributed by atoms with E-state index in [9.17, 15) is 5.11 Å². The second-order valence-corrected chi connectivity index (χ2v) is 5.06. The Labute approximate surface area is 119 Å².